The van der Waals surface area contributed by atoms with Gasteiger partial charge in [0.1, 0.15) is 18.1 Å². The lowest BCUT2D eigenvalue weighted by Gasteiger charge is -2.38. The Bertz CT molecular complexity index is 1120. The molecule has 1 aliphatic heterocycles. The number of rotatable bonds is 7. The zero-order valence-electron chi connectivity index (χ0n) is 16.0. The number of nitrogens with zero attached hydrogens (tertiary/aromatic N) is 5. The molecule has 0 radical (unpaired) electrons. The summed E-state index contributed by atoms with van der Waals surface area (Å²) >= 11 is 3.13. The first kappa shape index (κ1) is 19.1. The second-order valence-electron chi connectivity index (χ2n) is 6.98. The van der Waals surface area contributed by atoms with Crippen LogP contribution in [-0.4, -0.2) is 49.6 Å². The molecule has 0 bridgehead atoms. The van der Waals surface area contributed by atoms with Crippen LogP contribution in [0.5, 0.6) is 5.75 Å². The van der Waals surface area contributed by atoms with Crippen molar-refractivity contribution >= 4 is 39.2 Å². The average Bonchev–Trinajstić information content (AvgIpc) is 3.37. The number of carbonyl (C=O) groups excluding carboxylic acids is 1. The number of hydrogen-bond donors (Lipinski definition) is 0. The van der Waals surface area contributed by atoms with Crippen molar-refractivity contribution in [2.45, 2.75) is 17.0 Å². The van der Waals surface area contributed by atoms with Crippen LogP contribution in [0.3, 0.4) is 0 Å². The molecular formula is C21H19N5O2S2. The fraction of sp³-hybridized carbons (Fsp3) is 0.238. The monoisotopic (exact) mass is 437 g/mol. The molecule has 0 N–H and O–H groups in total. The van der Waals surface area contributed by atoms with Crippen LogP contribution >= 0.6 is 23.1 Å². The van der Waals surface area contributed by atoms with E-state index in [0.29, 0.717) is 25.4 Å². The van der Waals surface area contributed by atoms with E-state index < -0.39 is 0 Å². The topological polar surface area (TPSA) is 73.1 Å². The van der Waals surface area contributed by atoms with Gasteiger partial charge >= 0.3 is 0 Å². The minimum absolute atomic E-state index is 0.128. The molecule has 1 fully saturated rings. The number of para-hydroxylation sites is 2. The maximum absolute atomic E-state index is 12.5. The van der Waals surface area contributed by atoms with Crippen molar-refractivity contribution < 1.29 is 9.53 Å². The molecule has 2 aromatic carbocycles. The molecule has 9 heteroatoms. The summed E-state index contributed by atoms with van der Waals surface area (Å²) in [7, 11) is 0. The van der Waals surface area contributed by atoms with E-state index in [-0.39, 0.29) is 11.9 Å². The molecule has 2 aromatic heterocycles. The number of thiazole rings is 1. The lowest BCUT2D eigenvalue weighted by Crippen LogP contribution is -2.51. The molecule has 0 atom stereocenters. The zero-order valence-corrected chi connectivity index (χ0v) is 17.7. The molecule has 4 aromatic rings. The number of benzene rings is 2. The Kier molecular flexibility index (Phi) is 5.37. The van der Waals surface area contributed by atoms with E-state index in [1.54, 1.807) is 11.3 Å². The normalized spacial score (nSPS) is 14.1. The standard InChI is InChI=1S/C21H19N5O2S2/c27-20(14-29-21-22-18-8-4-5-9-19(18)30-21)25-11-16(12-25)26-10-15(23-24-26)13-28-17-6-2-1-3-7-17/h1-10,16H,11-14H2. The summed E-state index contributed by atoms with van der Waals surface area (Å²) in [5.74, 6) is 1.33. The summed E-state index contributed by atoms with van der Waals surface area (Å²) in [4.78, 5) is 18.9. The smallest absolute Gasteiger partial charge is 0.233 e. The molecule has 0 spiro atoms. The molecule has 1 amide bonds. The SMILES string of the molecule is O=C(CSc1nc2ccccc2s1)N1CC(n2cc(COc3ccccc3)nn2)C1. The van der Waals surface area contributed by atoms with Crippen LogP contribution < -0.4 is 4.74 Å². The van der Waals surface area contributed by atoms with Crippen LogP contribution in [0, 0.1) is 0 Å². The molecular weight excluding hydrogens is 418 g/mol. The lowest BCUT2D eigenvalue weighted by molar-refractivity contribution is -0.134. The minimum atomic E-state index is 0.128. The molecule has 3 heterocycles. The highest BCUT2D eigenvalue weighted by atomic mass is 32.2. The number of aromatic nitrogens is 4. The van der Waals surface area contributed by atoms with Crippen LogP contribution in [0.4, 0.5) is 0 Å². The van der Waals surface area contributed by atoms with E-state index in [0.717, 1.165) is 26.0 Å². The molecule has 0 unspecified atom stereocenters. The maximum atomic E-state index is 12.5. The van der Waals surface area contributed by atoms with Gasteiger partial charge in [-0.3, -0.25) is 4.79 Å². The zero-order chi connectivity index (χ0) is 20.3. The Labute approximate surface area is 181 Å². The number of likely N-dealkylation sites (tertiary alicyclic amines) is 1. The lowest BCUT2D eigenvalue weighted by atomic mass is 10.1. The first-order chi connectivity index (χ1) is 14.7. The van der Waals surface area contributed by atoms with Gasteiger partial charge in [0, 0.05) is 13.1 Å². The average molecular weight is 438 g/mol. The van der Waals surface area contributed by atoms with Gasteiger partial charge in [0.05, 0.1) is 28.2 Å². The first-order valence-corrected chi connectivity index (χ1v) is 11.4. The second kappa shape index (κ2) is 8.45. The quantitative estimate of drug-likeness (QED) is 0.411. The summed E-state index contributed by atoms with van der Waals surface area (Å²) in [5, 5.41) is 8.37. The van der Waals surface area contributed by atoms with Crippen LogP contribution in [0.25, 0.3) is 10.2 Å². The number of amides is 1. The van der Waals surface area contributed by atoms with E-state index >= 15 is 0 Å². The van der Waals surface area contributed by atoms with E-state index in [1.807, 2.05) is 64.3 Å². The molecule has 0 saturated carbocycles. The van der Waals surface area contributed by atoms with Gasteiger partial charge in [-0.2, -0.15) is 0 Å². The Morgan fingerprint density at radius 3 is 2.77 bits per heavy atom. The molecule has 1 saturated heterocycles. The van der Waals surface area contributed by atoms with Crippen LogP contribution in [0.2, 0.25) is 0 Å². The fourth-order valence-corrected chi connectivity index (χ4v) is 5.16. The van der Waals surface area contributed by atoms with E-state index in [4.69, 9.17) is 4.74 Å². The van der Waals surface area contributed by atoms with Gasteiger partial charge in [-0.05, 0) is 24.3 Å². The molecule has 5 rings (SSSR count). The Balaban J connectivity index is 1.09. The Morgan fingerprint density at radius 1 is 1.13 bits per heavy atom. The predicted octanol–water partition coefficient (Wildman–Crippen LogP) is 3.64. The summed E-state index contributed by atoms with van der Waals surface area (Å²) in [6.07, 6.45) is 1.89. The van der Waals surface area contributed by atoms with Gasteiger partial charge in [0.25, 0.3) is 0 Å². The minimum Gasteiger partial charge on any atom is -0.487 e. The van der Waals surface area contributed by atoms with Gasteiger partial charge in [-0.15, -0.1) is 16.4 Å². The Morgan fingerprint density at radius 2 is 1.93 bits per heavy atom. The number of fused-ring (bicyclic) bond motifs is 1. The van der Waals surface area contributed by atoms with Crippen LogP contribution in [0.15, 0.2) is 65.1 Å². The highest BCUT2D eigenvalue weighted by Gasteiger charge is 2.32. The summed E-state index contributed by atoms with van der Waals surface area (Å²) in [6, 6.07) is 17.8. The third kappa shape index (κ3) is 4.17. The Hall–Kier alpha value is -2.91. The molecule has 0 aliphatic carbocycles. The van der Waals surface area contributed by atoms with Crippen molar-refractivity contribution in [3.63, 3.8) is 0 Å². The van der Waals surface area contributed by atoms with Crippen LogP contribution in [-0.2, 0) is 11.4 Å². The highest BCUT2D eigenvalue weighted by Crippen LogP contribution is 2.30. The predicted molar refractivity (Wildman–Crippen MR) is 117 cm³/mol. The van der Waals surface area contributed by atoms with E-state index in [9.17, 15) is 4.79 Å². The van der Waals surface area contributed by atoms with Crippen molar-refractivity contribution in [2.24, 2.45) is 0 Å². The summed E-state index contributed by atoms with van der Waals surface area (Å²) < 4.78 is 9.61. The van der Waals surface area contributed by atoms with E-state index in [1.165, 1.54) is 11.8 Å². The van der Waals surface area contributed by atoms with Crippen molar-refractivity contribution in [3.05, 3.63) is 66.5 Å². The first-order valence-electron chi connectivity index (χ1n) is 9.59. The molecule has 30 heavy (non-hydrogen) atoms. The van der Waals surface area contributed by atoms with Crippen LogP contribution in [0.1, 0.15) is 11.7 Å². The number of thioether (sulfide) groups is 1. The van der Waals surface area contributed by atoms with Gasteiger partial charge in [0.15, 0.2) is 4.34 Å². The van der Waals surface area contributed by atoms with Crippen molar-refractivity contribution in [1.29, 1.82) is 0 Å². The van der Waals surface area contributed by atoms with Crippen molar-refractivity contribution in [2.75, 3.05) is 18.8 Å². The fourth-order valence-electron chi connectivity index (χ4n) is 3.19. The third-order valence-corrected chi connectivity index (χ3v) is 7.03. The second-order valence-corrected chi connectivity index (χ2v) is 9.23. The van der Waals surface area contributed by atoms with Gasteiger partial charge in [-0.25, -0.2) is 9.67 Å². The molecule has 7 nitrogen and oxygen atoms in total. The van der Waals surface area contributed by atoms with Gasteiger partial charge in [0.2, 0.25) is 5.91 Å². The molecule has 1 aliphatic rings. The van der Waals surface area contributed by atoms with Gasteiger partial charge in [-0.1, -0.05) is 47.3 Å². The number of carbonyl (C=O) groups is 1. The number of ether oxygens (including phenoxy) is 1. The largest absolute Gasteiger partial charge is 0.487 e. The summed E-state index contributed by atoms with van der Waals surface area (Å²) in [6.45, 7) is 1.68. The maximum Gasteiger partial charge on any atom is 0.233 e. The van der Waals surface area contributed by atoms with Crippen molar-refractivity contribution in [3.8, 4) is 5.75 Å². The van der Waals surface area contributed by atoms with Gasteiger partial charge < -0.3 is 9.64 Å². The summed E-state index contributed by atoms with van der Waals surface area (Å²) in [5.41, 5.74) is 1.76. The third-order valence-electron chi connectivity index (χ3n) is 4.87. The number of hydrogen-bond acceptors (Lipinski definition) is 7. The molecule has 152 valence electrons. The highest BCUT2D eigenvalue weighted by molar-refractivity contribution is 8.01. The van der Waals surface area contributed by atoms with E-state index in [2.05, 4.69) is 21.4 Å². The van der Waals surface area contributed by atoms with Crippen molar-refractivity contribution in [1.82, 2.24) is 24.9 Å².